The molecular formula is C20H27N3O2. The summed E-state index contributed by atoms with van der Waals surface area (Å²) in [6.45, 7) is 3.13. The molecule has 0 aromatic heterocycles. The largest absolute Gasteiger partial charge is 0.340 e. The monoisotopic (exact) mass is 341 g/mol. The number of rotatable bonds is 3. The summed E-state index contributed by atoms with van der Waals surface area (Å²) in [6.07, 6.45) is 5.74. The van der Waals surface area contributed by atoms with Gasteiger partial charge in [-0.1, -0.05) is 24.3 Å². The Hall–Kier alpha value is -2.04. The Morgan fingerprint density at radius 2 is 1.88 bits per heavy atom. The van der Waals surface area contributed by atoms with Crippen LogP contribution < -0.4 is 5.32 Å². The molecule has 0 bridgehead atoms. The summed E-state index contributed by atoms with van der Waals surface area (Å²) in [5.41, 5.74) is 2.83. The van der Waals surface area contributed by atoms with Crippen molar-refractivity contribution in [3.8, 4) is 0 Å². The van der Waals surface area contributed by atoms with Crippen LogP contribution in [0.2, 0.25) is 0 Å². The summed E-state index contributed by atoms with van der Waals surface area (Å²) in [5, 5.41) is 3.13. The third-order valence-electron chi connectivity index (χ3n) is 6.06. The zero-order valence-corrected chi connectivity index (χ0v) is 14.7. The first-order chi connectivity index (χ1) is 12.2. The zero-order valence-electron chi connectivity index (χ0n) is 14.7. The third-order valence-corrected chi connectivity index (χ3v) is 6.06. The predicted octanol–water partition coefficient (Wildman–Crippen LogP) is 2.51. The lowest BCUT2D eigenvalue weighted by Crippen LogP contribution is -2.50. The molecule has 1 aromatic carbocycles. The van der Waals surface area contributed by atoms with Crippen LogP contribution in [0.5, 0.6) is 0 Å². The molecule has 2 fully saturated rings. The molecule has 3 amide bonds. The van der Waals surface area contributed by atoms with E-state index in [1.54, 1.807) is 0 Å². The van der Waals surface area contributed by atoms with Gasteiger partial charge in [-0.05, 0) is 43.2 Å². The number of fused-ring (bicyclic) bond motifs is 1. The van der Waals surface area contributed by atoms with Gasteiger partial charge in [0.25, 0.3) is 0 Å². The van der Waals surface area contributed by atoms with Crippen LogP contribution in [0.1, 0.15) is 49.1 Å². The summed E-state index contributed by atoms with van der Waals surface area (Å²) >= 11 is 0. The highest BCUT2D eigenvalue weighted by atomic mass is 16.2. The van der Waals surface area contributed by atoms with Crippen molar-refractivity contribution < 1.29 is 9.59 Å². The molecule has 4 rings (SSSR count). The van der Waals surface area contributed by atoms with Crippen molar-refractivity contribution in [2.45, 2.75) is 50.5 Å². The molecule has 2 heterocycles. The number of nitrogens with zero attached hydrogens (tertiary/aromatic N) is 2. The fourth-order valence-corrected chi connectivity index (χ4v) is 4.62. The molecule has 134 valence electrons. The van der Waals surface area contributed by atoms with E-state index in [9.17, 15) is 9.59 Å². The van der Waals surface area contributed by atoms with Crippen LogP contribution in [0.15, 0.2) is 24.3 Å². The van der Waals surface area contributed by atoms with Crippen LogP contribution in [0.4, 0.5) is 4.79 Å². The molecule has 5 nitrogen and oxygen atoms in total. The van der Waals surface area contributed by atoms with Gasteiger partial charge in [0.2, 0.25) is 5.91 Å². The summed E-state index contributed by atoms with van der Waals surface area (Å²) in [7, 11) is 0. The smallest absolute Gasteiger partial charge is 0.317 e. The van der Waals surface area contributed by atoms with Gasteiger partial charge in [0.05, 0.1) is 0 Å². The predicted molar refractivity (Wildman–Crippen MR) is 96.4 cm³/mol. The average molecular weight is 341 g/mol. The number of benzene rings is 1. The van der Waals surface area contributed by atoms with Crippen molar-refractivity contribution in [3.05, 3.63) is 35.4 Å². The molecule has 0 saturated carbocycles. The van der Waals surface area contributed by atoms with Gasteiger partial charge in [-0.2, -0.15) is 0 Å². The Morgan fingerprint density at radius 3 is 2.64 bits per heavy atom. The van der Waals surface area contributed by atoms with Crippen LogP contribution in [-0.4, -0.2) is 54.0 Å². The van der Waals surface area contributed by atoms with E-state index < -0.39 is 0 Å². The number of nitrogens with one attached hydrogen (secondary N) is 1. The first kappa shape index (κ1) is 16.4. The summed E-state index contributed by atoms with van der Waals surface area (Å²) < 4.78 is 0. The standard InChI is InChI=1S/C20H27N3O2/c24-19-6-3-11-23(19)17-9-12-22(13-10-17)20(25)21-14-16-8-7-15-4-1-2-5-18(15)16/h1-2,4-5,16-17H,3,6-14H2,(H,21,25)/t16-/m0/s1. The highest BCUT2D eigenvalue weighted by Gasteiger charge is 2.32. The Kier molecular flexibility index (Phi) is 4.64. The average Bonchev–Trinajstić information content (AvgIpc) is 3.26. The second-order valence-electron chi connectivity index (χ2n) is 7.53. The Labute approximate surface area is 149 Å². The minimum Gasteiger partial charge on any atom is -0.340 e. The van der Waals surface area contributed by atoms with Crippen molar-refractivity contribution in [2.75, 3.05) is 26.2 Å². The quantitative estimate of drug-likeness (QED) is 0.918. The molecule has 0 radical (unpaired) electrons. The van der Waals surface area contributed by atoms with Crippen molar-refractivity contribution in [2.24, 2.45) is 0 Å². The molecule has 2 saturated heterocycles. The molecule has 5 heteroatoms. The van der Waals surface area contributed by atoms with E-state index in [-0.39, 0.29) is 6.03 Å². The number of carbonyl (C=O) groups is 2. The second kappa shape index (κ2) is 7.06. The molecule has 1 atom stereocenters. The minimum atomic E-state index is 0.0515. The van der Waals surface area contributed by atoms with Gasteiger partial charge < -0.3 is 15.1 Å². The highest BCUT2D eigenvalue weighted by molar-refractivity contribution is 5.78. The molecule has 1 aromatic rings. The maximum atomic E-state index is 12.5. The first-order valence-electron chi connectivity index (χ1n) is 9.62. The van der Waals surface area contributed by atoms with Crippen LogP contribution in [-0.2, 0) is 11.2 Å². The van der Waals surface area contributed by atoms with E-state index in [2.05, 4.69) is 29.6 Å². The van der Waals surface area contributed by atoms with Gasteiger partial charge in [-0.25, -0.2) is 4.79 Å². The highest BCUT2D eigenvalue weighted by Crippen LogP contribution is 2.32. The normalized spacial score (nSPS) is 23.8. The van der Waals surface area contributed by atoms with Crippen LogP contribution in [0.25, 0.3) is 0 Å². The second-order valence-corrected chi connectivity index (χ2v) is 7.53. The van der Waals surface area contributed by atoms with Crippen molar-refractivity contribution in [1.29, 1.82) is 0 Å². The van der Waals surface area contributed by atoms with Crippen LogP contribution in [0, 0.1) is 0 Å². The molecule has 0 spiro atoms. The molecule has 25 heavy (non-hydrogen) atoms. The Balaban J connectivity index is 1.25. The van der Waals surface area contributed by atoms with Crippen molar-refractivity contribution in [1.82, 2.24) is 15.1 Å². The van der Waals surface area contributed by atoms with E-state index in [0.29, 0.717) is 24.3 Å². The number of urea groups is 1. The van der Waals surface area contributed by atoms with E-state index >= 15 is 0 Å². The van der Waals surface area contributed by atoms with Crippen molar-refractivity contribution in [3.63, 3.8) is 0 Å². The van der Waals surface area contributed by atoms with Gasteiger partial charge >= 0.3 is 6.03 Å². The van der Waals surface area contributed by atoms with E-state index in [0.717, 1.165) is 58.3 Å². The Morgan fingerprint density at radius 1 is 1.08 bits per heavy atom. The summed E-state index contributed by atoms with van der Waals surface area (Å²) in [6, 6.07) is 8.95. The number of hydrogen-bond acceptors (Lipinski definition) is 2. The number of amides is 3. The van der Waals surface area contributed by atoms with Gasteiger partial charge in [-0.3, -0.25) is 4.79 Å². The fourth-order valence-electron chi connectivity index (χ4n) is 4.62. The zero-order chi connectivity index (χ0) is 17.2. The number of likely N-dealkylation sites (tertiary alicyclic amines) is 2. The maximum absolute atomic E-state index is 12.5. The lowest BCUT2D eigenvalue weighted by Gasteiger charge is -2.36. The number of carbonyl (C=O) groups excluding carboxylic acids is 2. The SMILES string of the molecule is O=C(NC[C@@H]1CCc2ccccc21)N1CCC(N2CCCC2=O)CC1. The molecule has 1 aliphatic carbocycles. The van der Waals surface area contributed by atoms with Crippen LogP contribution >= 0.6 is 0 Å². The molecule has 0 unspecified atom stereocenters. The van der Waals surface area contributed by atoms with Gasteiger partial charge in [0.15, 0.2) is 0 Å². The third kappa shape index (κ3) is 3.37. The van der Waals surface area contributed by atoms with E-state index in [1.807, 2.05) is 9.80 Å². The maximum Gasteiger partial charge on any atom is 0.317 e. The van der Waals surface area contributed by atoms with Crippen molar-refractivity contribution >= 4 is 11.9 Å². The number of aryl methyl sites for hydroxylation is 1. The molecule has 2 aliphatic heterocycles. The number of hydrogen-bond donors (Lipinski definition) is 1. The lowest BCUT2D eigenvalue weighted by molar-refractivity contribution is -0.130. The van der Waals surface area contributed by atoms with Gasteiger partial charge in [-0.15, -0.1) is 0 Å². The van der Waals surface area contributed by atoms with E-state index in [4.69, 9.17) is 0 Å². The van der Waals surface area contributed by atoms with Gasteiger partial charge in [0, 0.05) is 44.6 Å². The number of piperidine rings is 1. The topological polar surface area (TPSA) is 52.7 Å². The van der Waals surface area contributed by atoms with E-state index in [1.165, 1.54) is 11.1 Å². The minimum absolute atomic E-state index is 0.0515. The lowest BCUT2D eigenvalue weighted by atomic mass is 10.0. The molecular weight excluding hydrogens is 314 g/mol. The summed E-state index contributed by atoms with van der Waals surface area (Å²) in [5.74, 6) is 0.739. The van der Waals surface area contributed by atoms with Crippen LogP contribution in [0.3, 0.4) is 0 Å². The summed E-state index contributed by atoms with van der Waals surface area (Å²) in [4.78, 5) is 28.3. The Bertz CT molecular complexity index is 652. The molecule has 1 N–H and O–H groups in total. The molecule has 3 aliphatic rings. The fraction of sp³-hybridized carbons (Fsp3) is 0.600. The first-order valence-corrected chi connectivity index (χ1v) is 9.62. The van der Waals surface area contributed by atoms with Gasteiger partial charge in [0.1, 0.15) is 0 Å².